The number of hydrogen-bond acceptors (Lipinski definition) is 2. The predicted octanol–water partition coefficient (Wildman–Crippen LogP) is 2.17. The first-order chi connectivity index (χ1) is 6.29. The molecule has 0 saturated heterocycles. The summed E-state index contributed by atoms with van der Waals surface area (Å²) in [6.45, 7) is 3.54. The number of nitrogens with zero attached hydrogens (tertiary/aromatic N) is 1. The first kappa shape index (κ1) is 9.50. The smallest absolute Gasteiger partial charge is 0.0995 e. The van der Waals surface area contributed by atoms with Gasteiger partial charge < -0.3 is 5.11 Å². The van der Waals surface area contributed by atoms with E-state index in [1.165, 1.54) is 0 Å². The van der Waals surface area contributed by atoms with Crippen LogP contribution >= 0.6 is 0 Å². The Kier molecular flexibility index (Phi) is 3.24. The fraction of sp³-hybridized carbons (Fsp3) is 0.182. The summed E-state index contributed by atoms with van der Waals surface area (Å²) < 4.78 is 0. The van der Waals surface area contributed by atoms with Gasteiger partial charge in [-0.2, -0.15) is 5.26 Å². The summed E-state index contributed by atoms with van der Waals surface area (Å²) in [7, 11) is 0. The molecule has 1 unspecified atom stereocenters. The molecule has 0 radical (unpaired) electrons. The van der Waals surface area contributed by atoms with Gasteiger partial charge in [0, 0.05) is 0 Å². The molecule has 1 aromatic rings. The van der Waals surface area contributed by atoms with Gasteiger partial charge in [0.2, 0.25) is 0 Å². The van der Waals surface area contributed by atoms with E-state index in [-0.39, 0.29) is 0 Å². The third-order valence-corrected chi connectivity index (χ3v) is 1.83. The number of aliphatic hydroxyl groups is 1. The molecule has 0 heterocycles. The van der Waals surface area contributed by atoms with Gasteiger partial charge in [0.15, 0.2) is 0 Å². The van der Waals surface area contributed by atoms with Crippen molar-refractivity contribution >= 4 is 0 Å². The van der Waals surface area contributed by atoms with E-state index in [1.807, 2.05) is 12.1 Å². The fourth-order valence-corrected chi connectivity index (χ4v) is 1.17. The van der Waals surface area contributed by atoms with Gasteiger partial charge in [-0.3, -0.25) is 0 Å². The van der Waals surface area contributed by atoms with Crippen LogP contribution in [0.15, 0.2) is 36.9 Å². The summed E-state index contributed by atoms with van der Waals surface area (Å²) in [5.74, 6) is 0. The summed E-state index contributed by atoms with van der Waals surface area (Å²) in [5.41, 5.74) is 1.20. The van der Waals surface area contributed by atoms with Crippen LogP contribution in [-0.2, 0) is 0 Å². The summed E-state index contributed by atoms with van der Waals surface area (Å²) >= 11 is 0. The first-order valence-corrected chi connectivity index (χ1v) is 4.07. The fourth-order valence-electron chi connectivity index (χ4n) is 1.17. The van der Waals surface area contributed by atoms with Crippen molar-refractivity contribution in [1.82, 2.24) is 0 Å². The molecule has 1 N–H and O–H groups in total. The maximum atomic E-state index is 9.61. The average Bonchev–Trinajstić information content (AvgIpc) is 2.18. The Morgan fingerprint density at radius 3 is 2.85 bits per heavy atom. The van der Waals surface area contributed by atoms with Crippen LogP contribution in [0.25, 0.3) is 0 Å². The minimum atomic E-state index is -0.617. The minimum Gasteiger partial charge on any atom is -0.388 e. The van der Waals surface area contributed by atoms with Crippen molar-refractivity contribution in [1.29, 1.82) is 5.26 Å². The van der Waals surface area contributed by atoms with Crippen LogP contribution in [0.5, 0.6) is 0 Å². The van der Waals surface area contributed by atoms with E-state index >= 15 is 0 Å². The Labute approximate surface area is 77.8 Å². The van der Waals surface area contributed by atoms with Gasteiger partial charge in [-0.25, -0.2) is 0 Å². The third kappa shape index (κ3) is 2.17. The highest BCUT2D eigenvalue weighted by Gasteiger charge is 2.09. The van der Waals surface area contributed by atoms with Gasteiger partial charge in [0.25, 0.3) is 0 Å². The molecule has 13 heavy (non-hydrogen) atoms. The van der Waals surface area contributed by atoms with Gasteiger partial charge in [0.1, 0.15) is 0 Å². The van der Waals surface area contributed by atoms with E-state index in [2.05, 4.69) is 6.58 Å². The Morgan fingerprint density at radius 2 is 2.23 bits per heavy atom. The quantitative estimate of drug-likeness (QED) is 0.712. The molecular weight excluding hydrogens is 162 g/mol. The lowest BCUT2D eigenvalue weighted by Crippen LogP contribution is -1.98. The molecule has 1 aromatic carbocycles. The zero-order chi connectivity index (χ0) is 9.68. The van der Waals surface area contributed by atoms with Crippen molar-refractivity contribution in [2.24, 2.45) is 0 Å². The molecule has 0 bridgehead atoms. The molecule has 0 aliphatic rings. The molecule has 2 heteroatoms. The third-order valence-electron chi connectivity index (χ3n) is 1.83. The van der Waals surface area contributed by atoms with Gasteiger partial charge >= 0.3 is 0 Å². The second kappa shape index (κ2) is 4.44. The van der Waals surface area contributed by atoms with E-state index in [4.69, 9.17) is 5.26 Å². The minimum absolute atomic E-state index is 0.471. The van der Waals surface area contributed by atoms with Crippen LogP contribution in [0.2, 0.25) is 0 Å². The monoisotopic (exact) mass is 173 g/mol. The first-order valence-electron chi connectivity index (χ1n) is 4.07. The maximum Gasteiger partial charge on any atom is 0.0995 e. The Balaban J connectivity index is 2.99. The zero-order valence-electron chi connectivity index (χ0n) is 7.27. The van der Waals surface area contributed by atoms with Gasteiger partial charge in [0.05, 0.1) is 17.7 Å². The summed E-state index contributed by atoms with van der Waals surface area (Å²) in [6.07, 6.45) is 1.49. The standard InChI is InChI=1S/C11H11NO/c1-2-5-11(13)10-7-4-3-6-9(10)8-12/h2-4,6-7,11,13H,1,5H2. The highest BCUT2D eigenvalue weighted by molar-refractivity contribution is 5.38. The zero-order valence-corrected chi connectivity index (χ0v) is 7.27. The highest BCUT2D eigenvalue weighted by atomic mass is 16.3. The number of benzene rings is 1. The largest absolute Gasteiger partial charge is 0.388 e. The predicted molar refractivity (Wildman–Crippen MR) is 50.9 cm³/mol. The molecule has 2 nitrogen and oxygen atoms in total. The highest BCUT2D eigenvalue weighted by Crippen LogP contribution is 2.20. The topological polar surface area (TPSA) is 44.0 Å². The number of nitriles is 1. The van der Waals surface area contributed by atoms with Crippen LogP contribution in [0, 0.1) is 11.3 Å². The van der Waals surface area contributed by atoms with E-state index in [9.17, 15) is 5.11 Å². The molecule has 1 rings (SSSR count). The number of aliphatic hydroxyl groups excluding tert-OH is 1. The lowest BCUT2D eigenvalue weighted by Gasteiger charge is -2.09. The molecule has 0 fully saturated rings. The van der Waals surface area contributed by atoms with Crippen molar-refractivity contribution in [2.45, 2.75) is 12.5 Å². The van der Waals surface area contributed by atoms with Crippen molar-refractivity contribution in [3.05, 3.63) is 48.0 Å². The van der Waals surface area contributed by atoms with Crippen LogP contribution in [-0.4, -0.2) is 5.11 Å². The van der Waals surface area contributed by atoms with Crippen molar-refractivity contribution in [3.8, 4) is 6.07 Å². The molecule has 0 aliphatic heterocycles. The Hall–Kier alpha value is -1.59. The summed E-state index contributed by atoms with van der Waals surface area (Å²) in [4.78, 5) is 0. The van der Waals surface area contributed by atoms with Crippen LogP contribution < -0.4 is 0 Å². The lowest BCUT2D eigenvalue weighted by molar-refractivity contribution is 0.181. The molecular formula is C11H11NO. The molecule has 0 amide bonds. The Bertz CT molecular complexity index is 338. The molecule has 66 valence electrons. The number of hydrogen-bond donors (Lipinski definition) is 1. The van der Waals surface area contributed by atoms with Crippen molar-refractivity contribution < 1.29 is 5.11 Å². The van der Waals surface area contributed by atoms with E-state index in [0.717, 1.165) is 0 Å². The molecule has 0 spiro atoms. The normalized spacial score (nSPS) is 11.7. The SMILES string of the molecule is C=CCC(O)c1ccccc1C#N. The Morgan fingerprint density at radius 1 is 1.54 bits per heavy atom. The van der Waals surface area contributed by atoms with Gasteiger partial charge in [-0.05, 0) is 18.1 Å². The molecule has 0 saturated carbocycles. The lowest BCUT2D eigenvalue weighted by atomic mass is 10.0. The van der Waals surface area contributed by atoms with Crippen molar-refractivity contribution in [2.75, 3.05) is 0 Å². The van der Waals surface area contributed by atoms with Crippen LogP contribution in [0.1, 0.15) is 23.7 Å². The molecule has 0 aromatic heterocycles. The second-order valence-corrected chi connectivity index (χ2v) is 2.74. The van der Waals surface area contributed by atoms with Gasteiger partial charge in [-0.15, -0.1) is 6.58 Å². The molecule has 1 atom stereocenters. The van der Waals surface area contributed by atoms with E-state index in [1.54, 1.807) is 24.3 Å². The van der Waals surface area contributed by atoms with Crippen molar-refractivity contribution in [3.63, 3.8) is 0 Å². The van der Waals surface area contributed by atoms with Gasteiger partial charge in [-0.1, -0.05) is 24.3 Å². The van der Waals surface area contributed by atoms with E-state index in [0.29, 0.717) is 17.5 Å². The maximum absolute atomic E-state index is 9.61. The summed E-state index contributed by atoms with van der Waals surface area (Å²) in [6, 6.07) is 9.08. The molecule has 0 aliphatic carbocycles. The second-order valence-electron chi connectivity index (χ2n) is 2.74. The van der Waals surface area contributed by atoms with Crippen LogP contribution in [0.3, 0.4) is 0 Å². The number of rotatable bonds is 3. The van der Waals surface area contributed by atoms with E-state index < -0.39 is 6.10 Å². The van der Waals surface area contributed by atoms with Crippen LogP contribution in [0.4, 0.5) is 0 Å². The average molecular weight is 173 g/mol. The summed E-state index contributed by atoms with van der Waals surface area (Å²) in [5, 5.41) is 18.4.